The number of esters is 1. The molecule has 2 fully saturated rings. The number of unbranched alkanes of at least 4 members (excludes halogenated alkanes) is 1. The van der Waals surface area contributed by atoms with Gasteiger partial charge >= 0.3 is 5.97 Å². The molecular weight excluding hydrogens is 590 g/mol. The van der Waals surface area contributed by atoms with Crippen LogP contribution in [0.4, 0.5) is 0 Å². The van der Waals surface area contributed by atoms with Crippen molar-refractivity contribution in [3.63, 3.8) is 0 Å². The molecule has 46 heavy (non-hydrogen) atoms. The summed E-state index contributed by atoms with van der Waals surface area (Å²) in [5.74, 6) is -1.75. The second-order valence-corrected chi connectivity index (χ2v) is 11.7. The van der Waals surface area contributed by atoms with E-state index in [1.165, 1.54) is 4.90 Å². The number of carbonyl (C=O) groups excluding carboxylic acids is 5. The highest BCUT2D eigenvalue weighted by molar-refractivity contribution is 5.99. The van der Waals surface area contributed by atoms with Crippen molar-refractivity contribution in [2.24, 2.45) is 0 Å². The summed E-state index contributed by atoms with van der Waals surface area (Å²) < 4.78 is 10.7. The molecule has 12 nitrogen and oxygen atoms in total. The Morgan fingerprint density at radius 3 is 2.43 bits per heavy atom. The first-order valence-corrected chi connectivity index (χ1v) is 15.7. The zero-order chi connectivity index (χ0) is 33.1. The van der Waals surface area contributed by atoms with Gasteiger partial charge in [0, 0.05) is 13.0 Å². The Bertz CT molecular complexity index is 1440. The summed E-state index contributed by atoms with van der Waals surface area (Å²) in [6.45, 7) is 3.75. The van der Waals surface area contributed by atoms with Crippen LogP contribution in [0.15, 0.2) is 54.6 Å². The van der Waals surface area contributed by atoms with E-state index in [1.54, 1.807) is 62.4 Å². The minimum atomic E-state index is -1.36. The van der Waals surface area contributed by atoms with Crippen molar-refractivity contribution in [3.8, 4) is 11.8 Å². The Labute approximate surface area is 268 Å². The highest BCUT2D eigenvalue weighted by Gasteiger charge is 2.43. The third-order valence-electron chi connectivity index (χ3n) is 8.48. The number of amides is 4. The monoisotopic (exact) mass is 631 g/mol. The lowest BCUT2D eigenvalue weighted by atomic mass is 9.94. The van der Waals surface area contributed by atoms with Gasteiger partial charge in [0.05, 0.1) is 12.2 Å². The van der Waals surface area contributed by atoms with Crippen molar-refractivity contribution in [2.75, 3.05) is 19.8 Å². The van der Waals surface area contributed by atoms with Crippen molar-refractivity contribution in [2.45, 2.75) is 82.5 Å². The fraction of sp³-hybridized carbons (Fsp3) is 0.471. The van der Waals surface area contributed by atoms with E-state index >= 15 is 0 Å². The zero-order valence-electron chi connectivity index (χ0n) is 26.3. The molecule has 12 heteroatoms. The number of fused-ring (bicyclic) bond motifs is 1. The van der Waals surface area contributed by atoms with Gasteiger partial charge in [-0.05, 0) is 75.3 Å². The first-order chi connectivity index (χ1) is 22.1. The highest BCUT2D eigenvalue weighted by Crippen LogP contribution is 2.23. The van der Waals surface area contributed by atoms with Crippen LogP contribution in [0.25, 0.3) is 0 Å². The summed E-state index contributed by atoms with van der Waals surface area (Å²) >= 11 is 0. The van der Waals surface area contributed by atoms with E-state index in [2.05, 4.69) is 16.0 Å². The molecule has 3 N–H and O–H groups in total. The molecule has 2 aromatic carbocycles. The van der Waals surface area contributed by atoms with Crippen LogP contribution < -0.4 is 20.7 Å². The second-order valence-electron chi connectivity index (χ2n) is 11.7. The Morgan fingerprint density at radius 1 is 1.00 bits per heavy atom. The molecule has 0 spiro atoms. The van der Waals surface area contributed by atoms with Gasteiger partial charge in [0.15, 0.2) is 6.61 Å². The molecule has 2 heterocycles. The molecular formula is C34H41N5O7. The van der Waals surface area contributed by atoms with Gasteiger partial charge in [-0.2, -0.15) is 5.26 Å². The van der Waals surface area contributed by atoms with Crippen LogP contribution in [0.3, 0.4) is 0 Å². The summed E-state index contributed by atoms with van der Waals surface area (Å²) in [6, 6.07) is 14.7. The van der Waals surface area contributed by atoms with E-state index in [0.717, 1.165) is 5.56 Å². The molecule has 0 unspecified atom stereocenters. The van der Waals surface area contributed by atoms with Gasteiger partial charge in [-0.25, -0.2) is 4.79 Å². The van der Waals surface area contributed by atoms with E-state index in [-0.39, 0.29) is 38.4 Å². The predicted molar refractivity (Wildman–Crippen MR) is 167 cm³/mol. The van der Waals surface area contributed by atoms with Crippen molar-refractivity contribution in [1.29, 1.82) is 5.26 Å². The van der Waals surface area contributed by atoms with E-state index in [9.17, 15) is 24.0 Å². The van der Waals surface area contributed by atoms with Crippen molar-refractivity contribution in [3.05, 3.63) is 65.7 Å². The summed E-state index contributed by atoms with van der Waals surface area (Å²) in [7, 11) is 0. The number of hydrogen-bond donors (Lipinski definition) is 3. The maximum Gasteiger partial charge on any atom is 0.338 e. The third-order valence-corrected chi connectivity index (χ3v) is 8.48. The van der Waals surface area contributed by atoms with Crippen LogP contribution in [0.5, 0.6) is 5.75 Å². The fourth-order valence-corrected chi connectivity index (χ4v) is 5.57. The maximum atomic E-state index is 13.9. The van der Waals surface area contributed by atoms with Gasteiger partial charge in [-0.1, -0.05) is 37.3 Å². The molecule has 2 aliphatic heterocycles. The number of nitriles is 1. The summed E-state index contributed by atoms with van der Waals surface area (Å²) in [5, 5.41) is 17.3. The molecule has 2 aliphatic rings. The third kappa shape index (κ3) is 8.62. The number of nitrogens with one attached hydrogen (secondary N) is 3. The summed E-state index contributed by atoms with van der Waals surface area (Å²) in [5.41, 5.74) is -0.169. The molecule has 244 valence electrons. The molecule has 0 radical (unpaired) electrons. The number of rotatable bonds is 11. The van der Waals surface area contributed by atoms with Crippen LogP contribution >= 0.6 is 0 Å². The fourth-order valence-electron chi connectivity index (χ4n) is 5.57. The van der Waals surface area contributed by atoms with E-state index < -0.39 is 47.4 Å². The van der Waals surface area contributed by atoms with Crippen molar-refractivity contribution in [1.82, 2.24) is 20.9 Å². The van der Waals surface area contributed by atoms with Crippen LogP contribution in [0, 0.1) is 11.3 Å². The van der Waals surface area contributed by atoms with Crippen LogP contribution in [0.2, 0.25) is 0 Å². The Morgan fingerprint density at radius 2 is 1.74 bits per heavy atom. The lowest BCUT2D eigenvalue weighted by molar-refractivity contribution is -0.144. The predicted octanol–water partition coefficient (Wildman–Crippen LogP) is 2.42. The SMILES string of the molecule is CC[C@]1(C)NC(=O)[C@H](CCCCOC(=O)c2ccccc2)NC(=O)[C@H]2CCCN2C(=O)[C@H](Cc2ccc(OCC#N)cc2)NC1=O. The van der Waals surface area contributed by atoms with Gasteiger partial charge in [-0.15, -0.1) is 0 Å². The van der Waals surface area contributed by atoms with Gasteiger partial charge in [-0.3, -0.25) is 19.2 Å². The van der Waals surface area contributed by atoms with Gasteiger partial charge < -0.3 is 30.3 Å². The minimum Gasteiger partial charge on any atom is -0.479 e. The number of ether oxygens (including phenoxy) is 2. The molecule has 2 aromatic rings. The highest BCUT2D eigenvalue weighted by atomic mass is 16.5. The van der Waals surface area contributed by atoms with Gasteiger partial charge in [0.25, 0.3) is 0 Å². The zero-order valence-corrected chi connectivity index (χ0v) is 26.3. The molecule has 4 amide bonds. The molecule has 2 saturated heterocycles. The van der Waals surface area contributed by atoms with E-state index in [0.29, 0.717) is 43.5 Å². The standard InChI is InChI=1S/C34H41N5O7/c1-3-34(2)33(44)37-27(22-23-14-16-25(17-15-23)45-21-18-35)31(42)39-19-9-13-28(39)30(41)36-26(29(40)38-34)12-7-8-20-46-32(43)24-10-5-4-6-11-24/h4-6,10-11,14-17,26-28H,3,7-9,12-13,19-22H2,1-2H3,(H,36,41)(H,37,44)(H,38,40)/t26-,27-,28+,34-/m0/s1. The number of carbonyl (C=O) groups is 5. The largest absolute Gasteiger partial charge is 0.479 e. The molecule has 0 bridgehead atoms. The first kappa shape index (κ1) is 34.0. The van der Waals surface area contributed by atoms with Gasteiger partial charge in [0.1, 0.15) is 35.5 Å². The van der Waals surface area contributed by atoms with E-state index in [4.69, 9.17) is 14.7 Å². The van der Waals surface area contributed by atoms with Crippen LogP contribution in [-0.2, 0) is 30.3 Å². The molecule has 4 rings (SSSR count). The number of nitrogens with zero attached hydrogens (tertiary/aromatic N) is 2. The van der Waals surface area contributed by atoms with Gasteiger partial charge in [0.2, 0.25) is 23.6 Å². The molecule has 0 aliphatic carbocycles. The quantitative estimate of drug-likeness (QED) is 0.251. The smallest absolute Gasteiger partial charge is 0.338 e. The Kier molecular flexibility index (Phi) is 11.7. The van der Waals surface area contributed by atoms with Crippen molar-refractivity contribution >= 4 is 29.6 Å². The van der Waals surface area contributed by atoms with E-state index in [1.807, 2.05) is 12.1 Å². The number of benzene rings is 2. The summed E-state index contributed by atoms with van der Waals surface area (Å²) in [6.07, 6.45) is 2.60. The minimum absolute atomic E-state index is 0.0959. The van der Waals surface area contributed by atoms with Crippen LogP contribution in [-0.4, -0.2) is 77.9 Å². The Hall–Kier alpha value is -4.92. The van der Waals surface area contributed by atoms with Crippen LogP contribution in [0.1, 0.15) is 68.3 Å². The second kappa shape index (κ2) is 15.9. The number of hydrogen-bond acceptors (Lipinski definition) is 8. The Balaban J connectivity index is 1.47. The summed E-state index contributed by atoms with van der Waals surface area (Å²) in [4.78, 5) is 68.5. The molecule has 0 aromatic heterocycles. The normalized spacial score (nSPS) is 23.5. The topological polar surface area (TPSA) is 167 Å². The van der Waals surface area contributed by atoms with Crippen molar-refractivity contribution < 1.29 is 33.4 Å². The average molecular weight is 632 g/mol. The first-order valence-electron chi connectivity index (χ1n) is 15.7. The average Bonchev–Trinajstić information content (AvgIpc) is 3.56. The molecule has 0 saturated carbocycles. The molecule has 4 atom stereocenters. The lowest BCUT2D eigenvalue weighted by Crippen LogP contribution is -2.65. The maximum absolute atomic E-state index is 13.9. The lowest BCUT2D eigenvalue weighted by Gasteiger charge is -2.36.